The van der Waals surface area contributed by atoms with Crippen LogP contribution in [-0.4, -0.2) is 73.7 Å². The van der Waals surface area contributed by atoms with Gasteiger partial charge in [0.05, 0.1) is 5.75 Å². The number of rotatable bonds is 10. The standard InChI is InChI=1S/C15H16N4O12S2/c20-10-8(12(22)18(14(24)16-10)4-6-32-31-30-26)2-1-3-9-11(21)17-15(25)19(13(9)23)5-7-33(27,28)29/h1-3,23,26H,4-7H2,(H,16,20,24)(H,17,21,25)(H,27,28,29). The molecular formula is C15H16N4O12S2. The smallest absolute Gasteiger partial charge is 0.331 e. The number of aromatic hydroxyl groups is 1. The fraction of sp³-hybridized carbons (Fsp3) is 0.267. The minimum absolute atomic E-state index is 0.0224. The van der Waals surface area contributed by atoms with Gasteiger partial charge in [0, 0.05) is 30.9 Å². The molecule has 0 saturated carbocycles. The summed E-state index contributed by atoms with van der Waals surface area (Å²) in [5.41, 5.74) is -3.22. The molecule has 180 valence electrons. The molecule has 5 N–H and O–H groups in total. The van der Waals surface area contributed by atoms with Crippen molar-refractivity contribution in [3.8, 4) is 5.88 Å². The van der Waals surface area contributed by atoms with Crippen molar-refractivity contribution in [2.24, 2.45) is 0 Å². The van der Waals surface area contributed by atoms with E-state index in [0.717, 1.165) is 18.2 Å². The van der Waals surface area contributed by atoms with Crippen LogP contribution in [0.1, 0.15) is 5.56 Å². The first-order valence-corrected chi connectivity index (χ1v) is 11.1. The van der Waals surface area contributed by atoms with Crippen molar-refractivity contribution >= 4 is 46.1 Å². The summed E-state index contributed by atoms with van der Waals surface area (Å²) in [6, 6.07) is -1.00. The van der Waals surface area contributed by atoms with Gasteiger partial charge in [-0.1, -0.05) is 11.1 Å². The average molecular weight is 508 g/mol. The third-order valence-corrected chi connectivity index (χ3v) is 5.17. The van der Waals surface area contributed by atoms with Crippen LogP contribution < -0.4 is 16.6 Å². The van der Waals surface area contributed by atoms with Gasteiger partial charge in [-0.05, 0) is 12.2 Å². The van der Waals surface area contributed by atoms with Crippen LogP contribution in [0, 0.1) is 0 Å². The second kappa shape index (κ2) is 11.0. The minimum Gasteiger partial charge on any atom is -0.494 e. The first-order valence-electron chi connectivity index (χ1n) is 8.62. The number of hydrogen-bond acceptors (Lipinski definition) is 12. The van der Waals surface area contributed by atoms with Crippen molar-refractivity contribution < 1.29 is 47.1 Å². The maximum absolute atomic E-state index is 12.4. The molecule has 0 atom stereocenters. The molecule has 4 amide bonds. The lowest BCUT2D eigenvalue weighted by molar-refractivity contribution is -0.432. The van der Waals surface area contributed by atoms with Crippen molar-refractivity contribution in [2.45, 2.75) is 6.54 Å². The van der Waals surface area contributed by atoms with E-state index >= 15 is 0 Å². The van der Waals surface area contributed by atoms with Gasteiger partial charge in [-0.3, -0.25) is 38.7 Å². The van der Waals surface area contributed by atoms with Crippen LogP contribution in [0.2, 0.25) is 0 Å². The third-order valence-electron chi connectivity index (χ3n) is 3.97. The number of carbonyl (C=O) groups excluding carboxylic acids is 3. The quantitative estimate of drug-likeness (QED) is 0.0447. The third kappa shape index (κ3) is 6.84. The van der Waals surface area contributed by atoms with Gasteiger partial charge in [-0.2, -0.15) is 8.42 Å². The highest BCUT2D eigenvalue weighted by molar-refractivity contribution is 7.94. The largest absolute Gasteiger partial charge is 0.494 e. The molecule has 0 aliphatic carbocycles. The Balaban J connectivity index is 2.29. The predicted molar refractivity (Wildman–Crippen MR) is 109 cm³/mol. The molecule has 1 aromatic heterocycles. The molecule has 2 heterocycles. The number of nitrogens with zero attached hydrogens (tertiary/aromatic N) is 2. The molecule has 0 radical (unpaired) electrons. The lowest BCUT2D eigenvalue weighted by Crippen LogP contribution is -2.54. The predicted octanol–water partition coefficient (Wildman–Crippen LogP) is -1.78. The molecule has 2 rings (SSSR count). The molecule has 0 aromatic carbocycles. The molecule has 16 nitrogen and oxygen atoms in total. The highest BCUT2D eigenvalue weighted by atomic mass is 32.2. The van der Waals surface area contributed by atoms with Crippen molar-refractivity contribution in [1.82, 2.24) is 19.8 Å². The van der Waals surface area contributed by atoms with Crippen molar-refractivity contribution in [2.75, 3.05) is 18.1 Å². The van der Waals surface area contributed by atoms with E-state index in [-0.39, 0.29) is 12.3 Å². The SMILES string of the molecule is O=C1NC(=O)N(CCSOOO)C(=O)C1=CC=Cc1c(O)n(CCS(=O)(=O)O)c(=O)[nH]c1=O. The number of hydrogen-bond donors (Lipinski definition) is 5. The lowest BCUT2D eigenvalue weighted by Gasteiger charge is -2.25. The summed E-state index contributed by atoms with van der Waals surface area (Å²) in [7, 11) is -4.48. The fourth-order valence-electron chi connectivity index (χ4n) is 2.48. The Bertz CT molecular complexity index is 1230. The number of urea groups is 1. The van der Waals surface area contributed by atoms with Gasteiger partial charge in [0.1, 0.15) is 11.1 Å². The fourth-order valence-corrected chi connectivity index (χ4v) is 3.26. The van der Waals surface area contributed by atoms with E-state index in [1.165, 1.54) is 0 Å². The normalized spacial score (nSPS) is 16.1. The number of nitrogens with one attached hydrogen (secondary N) is 2. The summed E-state index contributed by atoms with van der Waals surface area (Å²) in [6.45, 7) is -0.907. The van der Waals surface area contributed by atoms with Crippen LogP contribution in [0.25, 0.3) is 6.08 Å². The number of barbiturate groups is 1. The summed E-state index contributed by atoms with van der Waals surface area (Å²) < 4.78 is 35.2. The van der Waals surface area contributed by atoms with E-state index in [9.17, 15) is 37.5 Å². The Kier molecular flexibility index (Phi) is 8.68. The summed E-state index contributed by atoms with van der Waals surface area (Å²) in [4.78, 5) is 62.5. The molecule has 1 aromatic rings. The number of aromatic amines is 1. The maximum Gasteiger partial charge on any atom is 0.331 e. The molecule has 1 saturated heterocycles. The number of H-pyrrole nitrogens is 1. The highest BCUT2D eigenvalue weighted by Gasteiger charge is 2.35. The number of carbonyl (C=O) groups is 3. The second-order valence-corrected chi connectivity index (χ2v) is 8.41. The minimum atomic E-state index is -4.48. The summed E-state index contributed by atoms with van der Waals surface area (Å²) in [5.74, 6) is -3.90. The molecule has 1 aliphatic rings. The van der Waals surface area contributed by atoms with Gasteiger partial charge >= 0.3 is 11.7 Å². The molecule has 0 bridgehead atoms. The van der Waals surface area contributed by atoms with E-state index in [4.69, 9.17) is 9.81 Å². The second-order valence-electron chi connectivity index (χ2n) is 6.05. The first-order chi connectivity index (χ1) is 15.5. The first kappa shape index (κ1) is 26.0. The average Bonchev–Trinajstić information content (AvgIpc) is 2.70. The number of aromatic nitrogens is 2. The van der Waals surface area contributed by atoms with Crippen LogP contribution in [0.4, 0.5) is 4.79 Å². The van der Waals surface area contributed by atoms with E-state index in [1.54, 1.807) is 0 Å². The Labute approximate surface area is 187 Å². The van der Waals surface area contributed by atoms with Crippen molar-refractivity contribution in [1.29, 1.82) is 0 Å². The van der Waals surface area contributed by atoms with Gasteiger partial charge in [0.2, 0.25) is 5.88 Å². The lowest BCUT2D eigenvalue weighted by atomic mass is 10.1. The summed E-state index contributed by atoms with van der Waals surface area (Å²) in [6.07, 6.45) is 2.86. The zero-order valence-corrected chi connectivity index (χ0v) is 17.9. The molecule has 33 heavy (non-hydrogen) atoms. The van der Waals surface area contributed by atoms with Crippen LogP contribution >= 0.6 is 12.0 Å². The Morgan fingerprint density at radius 1 is 1.12 bits per heavy atom. The van der Waals surface area contributed by atoms with Gasteiger partial charge in [0.25, 0.3) is 27.5 Å². The molecular weight excluding hydrogens is 492 g/mol. The van der Waals surface area contributed by atoms with Gasteiger partial charge in [0.15, 0.2) is 0 Å². The maximum atomic E-state index is 12.4. The van der Waals surface area contributed by atoms with Crippen LogP contribution in [0.15, 0.2) is 27.3 Å². The van der Waals surface area contributed by atoms with E-state index in [1.807, 2.05) is 10.3 Å². The molecule has 0 unspecified atom stereocenters. The monoisotopic (exact) mass is 508 g/mol. The summed E-state index contributed by atoms with van der Waals surface area (Å²) >= 11 is 0.568. The molecule has 0 spiro atoms. The number of amides is 4. The highest BCUT2D eigenvalue weighted by Crippen LogP contribution is 2.15. The van der Waals surface area contributed by atoms with Crippen LogP contribution in [-0.2, 0) is 35.6 Å². The van der Waals surface area contributed by atoms with Crippen molar-refractivity contribution in [3.05, 3.63) is 44.1 Å². The van der Waals surface area contributed by atoms with Gasteiger partial charge < -0.3 is 5.11 Å². The molecule has 1 aliphatic heterocycles. The number of allylic oxidation sites excluding steroid dienone is 2. The Hall–Kier alpha value is -3.29. The zero-order chi connectivity index (χ0) is 24.8. The number of imide groups is 2. The molecule has 18 heteroatoms. The van der Waals surface area contributed by atoms with Crippen molar-refractivity contribution in [3.63, 3.8) is 0 Å². The van der Waals surface area contributed by atoms with E-state index in [2.05, 4.69) is 9.37 Å². The zero-order valence-electron chi connectivity index (χ0n) is 16.3. The van der Waals surface area contributed by atoms with Crippen LogP contribution in [0.5, 0.6) is 5.88 Å². The Morgan fingerprint density at radius 3 is 2.45 bits per heavy atom. The van der Waals surface area contributed by atoms with E-state index < -0.39 is 68.5 Å². The molecule has 1 fully saturated rings. The van der Waals surface area contributed by atoms with Gasteiger partial charge in [-0.25, -0.2) is 14.8 Å². The topological polar surface area (TPSA) is 235 Å². The Morgan fingerprint density at radius 2 is 1.82 bits per heavy atom. The summed E-state index contributed by atoms with van der Waals surface area (Å²) in [5, 5.41) is 23.5. The van der Waals surface area contributed by atoms with Crippen LogP contribution in [0.3, 0.4) is 0 Å². The van der Waals surface area contributed by atoms with E-state index in [0.29, 0.717) is 21.5 Å². The van der Waals surface area contributed by atoms with Gasteiger partial charge in [-0.15, -0.1) is 4.33 Å².